The van der Waals surface area contributed by atoms with E-state index in [1.165, 1.54) is 10.6 Å². The Morgan fingerprint density at radius 2 is 2.04 bits per heavy atom. The molecule has 0 fully saturated rings. The average Bonchev–Trinajstić information content (AvgIpc) is 2.55. The first-order valence-electron chi connectivity index (χ1n) is 7.66. The molecule has 2 aromatic rings. The van der Waals surface area contributed by atoms with E-state index in [1.54, 1.807) is 0 Å². The maximum Gasteiger partial charge on any atom is 0.303 e. The van der Waals surface area contributed by atoms with Crippen LogP contribution in [0.4, 0.5) is 8.78 Å². The highest BCUT2D eigenvalue weighted by Gasteiger charge is 2.19. The summed E-state index contributed by atoms with van der Waals surface area (Å²) in [6, 6.07) is 3.08. The third-order valence-corrected chi connectivity index (χ3v) is 3.95. The van der Waals surface area contributed by atoms with Crippen molar-refractivity contribution in [3.63, 3.8) is 0 Å². The molecule has 1 heterocycles. The first-order valence-corrected chi connectivity index (χ1v) is 8.45. The molecule has 0 saturated carbocycles. The van der Waals surface area contributed by atoms with Crippen molar-refractivity contribution in [1.82, 2.24) is 9.55 Å². The maximum atomic E-state index is 13.7. The summed E-state index contributed by atoms with van der Waals surface area (Å²) in [7, 11) is 0. The van der Waals surface area contributed by atoms with Crippen molar-refractivity contribution in [1.29, 1.82) is 0 Å². The molecule has 0 aliphatic carbocycles. The lowest BCUT2D eigenvalue weighted by Crippen LogP contribution is -2.53. The molecule has 1 aromatic carbocycles. The molecule has 0 bridgehead atoms. The van der Waals surface area contributed by atoms with Gasteiger partial charge in [0.2, 0.25) is 5.88 Å². The summed E-state index contributed by atoms with van der Waals surface area (Å²) in [6.07, 6.45) is 0. The second kappa shape index (κ2) is 8.39. The van der Waals surface area contributed by atoms with Crippen LogP contribution in [0.2, 0.25) is 0 Å². The number of benzene rings is 1. The Kier molecular flexibility index (Phi) is 6.49. The minimum absolute atomic E-state index is 0.0234. The Labute approximate surface area is 151 Å². The van der Waals surface area contributed by atoms with Gasteiger partial charge in [0.25, 0.3) is 5.56 Å². The molecule has 0 radical (unpaired) electrons. The summed E-state index contributed by atoms with van der Waals surface area (Å²) in [4.78, 5) is 16.7. The quantitative estimate of drug-likeness (QED) is 0.745. The SMILES string of the molecule is CC(C)n1c(OCC[NH3+])nc(OCc2ccc(F)cc2F)c(Br)c1=O. The van der Waals surface area contributed by atoms with E-state index in [0.29, 0.717) is 6.54 Å². The Morgan fingerprint density at radius 1 is 1.32 bits per heavy atom. The van der Waals surface area contributed by atoms with Crippen LogP contribution in [0.15, 0.2) is 27.5 Å². The van der Waals surface area contributed by atoms with Crippen molar-refractivity contribution >= 4 is 15.9 Å². The minimum atomic E-state index is -0.736. The van der Waals surface area contributed by atoms with Gasteiger partial charge in [-0.2, -0.15) is 4.98 Å². The second-order valence-electron chi connectivity index (χ2n) is 5.51. The molecule has 0 unspecified atom stereocenters. The van der Waals surface area contributed by atoms with Crippen molar-refractivity contribution in [2.75, 3.05) is 13.2 Å². The van der Waals surface area contributed by atoms with Gasteiger partial charge < -0.3 is 15.2 Å². The number of halogens is 3. The van der Waals surface area contributed by atoms with Gasteiger partial charge in [0.15, 0.2) is 0 Å². The lowest BCUT2D eigenvalue weighted by atomic mass is 10.2. The normalized spacial score (nSPS) is 11.0. The molecule has 6 nitrogen and oxygen atoms in total. The topological polar surface area (TPSA) is 81.0 Å². The van der Waals surface area contributed by atoms with E-state index >= 15 is 0 Å². The number of hydrogen-bond donors (Lipinski definition) is 1. The molecule has 0 amide bonds. The van der Waals surface area contributed by atoms with Gasteiger partial charge in [0.1, 0.15) is 35.9 Å². The molecule has 2 rings (SSSR count). The molecule has 0 aliphatic rings. The van der Waals surface area contributed by atoms with E-state index in [4.69, 9.17) is 9.47 Å². The fourth-order valence-corrected chi connectivity index (χ4v) is 2.47. The summed E-state index contributed by atoms with van der Waals surface area (Å²) in [6.45, 7) is 4.22. The Bertz CT molecular complexity index is 812. The van der Waals surface area contributed by atoms with Gasteiger partial charge in [-0.1, -0.05) is 0 Å². The van der Waals surface area contributed by atoms with Gasteiger partial charge in [-0.3, -0.25) is 9.36 Å². The van der Waals surface area contributed by atoms with Crippen LogP contribution in [-0.4, -0.2) is 22.7 Å². The first-order chi connectivity index (χ1) is 11.8. The van der Waals surface area contributed by atoms with Crippen LogP contribution in [-0.2, 0) is 6.61 Å². The molecular weight excluding hydrogens is 400 g/mol. The van der Waals surface area contributed by atoms with Gasteiger partial charge in [0, 0.05) is 17.7 Å². The van der Waals surface area contributed by atoms with Crippen molar-refractivity contribution in [2.45, 2.75) is 26.5 Å². The van der Waals surface area contributed by atoms with Gasteiger partial charge in [0.05, 0.1) is 0 Å². The van der Waals surface area contributed by atoms with Crippen LogP contribution in [0.25, 0.3) is 0 Å². The zero-order valence-corrected chi connectivity index (χ0v) is 15.5. The molecule has 136 valence electrons. The van der Waals surface area contributed by atoms with Gasteiger partial charge in [-0.15, -0.1) is 0 Å². The molecule has 0 aliphatic heterocycles. The van der Waals surface area contributed by atoms with Crippen LogP contribution < -0.4 is 20.8 Å². The van der Waals surface area contributed by atoms with E-state index in [1.807, 2.05) is 13.8 Å². The maximum absolute atomic E-state index is 13.7. The third kappa shape index (κ3) is 4.55. The number of nitrogens with zero attached hydrogens (tertiary/aromatic N) is 2. The number of aromatic nitrogens is 2. The molecular formula is C16H19BrF2N3O3+. The van der Waals surface area contributed by atoms with Crippen molar-refractivity contribution in [3.05, 3.63) is 50.2 Å². The molecule has 0 saturated heterocycles. The molecule has 0 atom stereocenters. The average molecular weight is 419 g/mol. The monoisotopic (exact) mass is 418 g/mol. The molecule has 25 heavy (non-hydrogen) atoms. The van der Waals surface area contributed by atoms with Crippen LogP contribution in [0.1, 0.15) is 25.5 Å². The van der Waals surface area contributed by atoms with Gasteiger partial charge in [-0.05, 0) is 41.9 Å². The van der Waals surface area contributed by atoms with Crippen molar-refractivity contribution < 1.29 is 24.0 Å². The Morgan fingerprint density at radius 3 is 2.64 bits per heavy atom. The summed E-state index contributed by atoms with van der Waals surface area (Å²) >= 11 is 3.16. The largest absolute Gasteiger partial charge is 0.472 e. The fourth-order valence-electron chi connectivity index (χ4n) is 2.08. The van der Waals surface area contributed by atoms with Crippen molar-refractivity contribution in [3.8, 4) is 11.9 Å². The van der Waals surface area contributed by atoms with E-state index in [2.05, 4.69) is 26.6 Å². The minimum Gasteiger partial charge on any atom is -0.472 e. The number of ether oxygens (including phenoxy) is 2. The molecule has 0 spiro atoms. The number of rotatable bonds is 7. The zero-order valence-electron chi connectivity index (χ0n) is 13.9. The fraction of sp³-hybridized carbons (Fsp3) is 0.375. The first kappa shape index (κ1) is 19.3. The standard InChI is InChI=1S/C16H18BrF2N3O3/c1-9(2)22-15(23)13(17)14(21-16(22)24-6-5-20)25-8-10-3-4-11(18)7-12(10)19/h3-4,7,9H,5-6,8,20H2,1-2H3/p+1. The predicted octanol–water partition coefficient (Wildman–Crippen LogP) is 2.06. The highest BCUT2D eigenvalue weighted by molar-refractivity contribution is 9.10. The summed E-state index contributed by atoms with van der Waals surface area (Å²) < 4.78 is 39.1. The van der Waals surface area contributed by atoms with Crippen LogP contribution in [0.5, 0.6) is 11.9 Å². The lowest BCUT2D eigenvalue weighted by molar-refractivity contribution is -0.371. The summed E-state index contributed by atoms with van der Waals surface area (Å²) in [5.74, 6) is -1.44. The van der Waals surface area contributed by atoms with Gasteiger partial charge >= 0.3 is 6.01 Å². The summed E-state index contributed by atoms with van der Waals surface area (Å²) in [5.41, 5.74) is 3.44. The van der Waals surface area contributed by atoms with E-state index < -0.39 is 11.6 Å². The third-order valence-electron chi connectivity index (χ3n) is 3.27. The van der Waals surface area contributed by atoms with Crippen LogP contribution in [0.3, 0.4) is 0 Å². The highest BCUT2D eigenvalue weighted by atomic mass is 79.9. The van der Waals surface area contributed by atoms with E-state index in [-0.39, 0.29) is 46.7 Å². The zero-order chi connectivity index (χ0) is 18.6. The van der Waals surface area contributed by atoms with Crippen LogP contribution in [0, 0.1) is 11.6 Å². The number of hydrogen-bond acceptors (Lipinski definition) is 4. The second-order valence-corrected chi connectivity index (χ2v) is 6.30. The molecule has 1 aromatic heterocycles. The lowest BCUT2D eigenvalue weighted by Gasteiger charge is -2.17. The van der Waals surface area contributed by atoms with Crippen molar-refractivity contribution in [2.24, 2.45) is 0 Å². The Balaban J connectivity index is 2.33. The molecule has 3 N–H and O–H groups in total. The number of quaternary nitrogens is 1. The molecule has 9 heteroatoms. The smallest absolute Gasteiger partial charge is 0.303 e. The van der Waals surface area contributed by atoms with E-state index in [0.717, 1.165) is 12.1 Å². The highest BCUT2D eigenvalue weighted by Crippen LogP contribution is 2.25. The van der Waals surface area contributed by atoms with E-state index in [9.17, 15) is 13.6 Å². The summed E-state index contributed by atoms with van der Waals surface area (Å²) in [5, 5.41) is 0. The van der Waals surface area contributed by atoms with Gasteiger partial charge in [-0.25, -0.2) is 8.78 Å². The predicted molar refractivity (Wildman–Crippen MR) is 90.5 cm³/mol. The van der Waals surface area contributed by atoms with Crippen LogP contribution >= 0.6 is 15.9 Å². The Hall–Kier alpha value is -2.00.